The van der Waals surface area contributed by atoms with E-state index in [9.17, 15) is 63.0 Å². The fourth-order valence-corrected chi connectivity index (χ4v) is 6.36. The van der Waals surface area contributed by atoms with Gasteiger partial charge in [0.2, 0.25) is 59.1 Å². The van der Waals surface area contributed by atoms with Gasteiger partial charge in [-0.05, 0) is 50.0 Å². The summed E-state index contributed by atoms with van der Waals surface area (Å²) in [4.78, 5) is 145. The number of aliphatic hydroxyl groups is 1. The molecule has 0 aromatic carbocycles. The van der Waals surface area contributed by atoms with Crippen molar-refractivity contribution in [3.8, 4) is 0 Å². The summed E-state index contributed by atoms with van der Waals surface area (Å²) in [5.41, 5.74) is 32.0. The molecule has 0 aromatic heterocycles. The van der Waals surface area contributed by atoms with Crippen molar-refractivity contribution in [3.63, 3.8) is 0 Å². The normalized spacial score (nSPS) is 15.1. The van der Waals surface area contributed by atoms with Crippen molar-refractivity contribution in [3.05, 3.63) is 0 Å². The van der Waals surface area contributed by atoms with Crippen LogP contribution >= 0.6 is 11.8 Å². The molecular formula is C38H68N14O13S. The van der Waals surface area contributed by atoms with Gasteiger partial charge in [-0.25, -0.2) is 4.79 Å². The van der Waals surface area contributed by atoms with E-state index in [1.54, 1.807) is 6.26 Å². The molecule has 374 valence electrons. The van der Waals surface area contributed by atoms with E-state index in [-0.39, 0.29) is 31.8 Å². The lowest BCUT2D eigenvalue weighted by molar-refractivity contribution is -0.142. The van der Waals surface area contributed by atoms with Crippen molar-refractivity contribution in [1.82, 2.24) is 37.2 Å². The minimum Gasteiger partial charge on any atom is -0.480 e. The molecular weight excluding hydrogens is 893 g/mol. The van der Waals surface area contributed by atoms with Crippen LogP contribution in [0, 0.1) is 11.8 Å². The van der Waals surface area contributed by atoms with Gasteiger partial charge in [0.15, 0.2) is 5.96 Å². The molecule has 0 saturated carbocycles. The van der Waals surface area contributed by atoms with Gasteiger partial charge in [0.25, 0.3) is 0 Å². The lowest BCUT2D eigenvalue weighted by Crippen LogP contribution is -2.62. The molecule has 0 heterocycles. The zero-order valence-corrected chi connectivity index (χ0v) is 38.7. The van der Waals surface area contributed by atoms with E-state index < -0.39 is 157 Å². The van der Waals surface area contributed by atoms with Gasteiger partial charge in [-0.3, -0.25) is 52.9 Å². The van der Waals surface area contributed by atoms with E-state index in [4.69, 9.17) is 34.4 Å². The molecule has 0 unspecified atom stereocenters. The van der Waals surface area contributed by atoms with Crippen LogP contribution in [-0.4, -0.2) is 154 Å². The van der Waals surface area contributed by atoms with Crippen LogP contribution in [0.3, 0.4) is 0 Å². The molecule has 28 heteroatoms. The number of carbonyl (C=O) groups excluding carboxylic acids is 10. The smallest absolute Gasteiger partial charge is 0.326 e. The first-order valence-corrected chi connectivity index (χ1v) is 22.2. The highest BCUT2D eigenvalue weighted by molar-refractivity contribution is 7.98. The van der Waals surface area contributed by atoms with Crippen molar-refractivity contribution in [1.29, 1.82) is 0 Å². The molecule has 0 aromatic rings. The standard InChI is InChI=1S/C38H68N14O13S/c1-16(2)28(52-36(63)29(17(3)4)51-34(61)24(15-27(42)56)48-30(57)19(39)13-25(40)54)35(62)50-23(14-26(41)55)33(60)49-22(12-18(5)53)32(59)46-20(9-11-66-6)31(58)47-21(37(64)65)8-7-10-45-38(43)44/h16-24,28-29,53H,7-15,39H2,1-6H3,(H2,40,54)(H2,41,55)(H2,42,56)(H,46,59)(H,47,58)(H,48,57)(H,49,60)(H,50,62)(H,51,61)(H,52,63)(H,64,65)(H4,43,44,45)/t18-,19+,20+,21+,22+,23+,24+,28+,29+/m1/s1. The molecule has 0 aliphatic heterocycles. The second kappa shape index (κ2) is 30.0. The zero-order valence-electron chi connectivity index (χ0n) is 37.9. The predicted octanol–water partition coefficient (Wildman–Crippen LogP) is -6.69. The maximum absolute atomic E-state index is 13.8. The Kier molecular flexibility index (Phi) is 27.2. The summed E-state index contributed by atoms with van der Waals surface area (Å²) in [7, 11) is 0. The highest BCUT2D eigenvalue weighted by Crippen LogP contribution is 2.11. The zero-order chi connectivity index (χ0) is 51.0. The van der Waals surface area contributed by atoms with Gasteiger partial charge in [0.1, 0.15) is 42.3 Å². The molecule has 0 saturated heterocycles. The molecule has 0 aliphatic carbocycles. The second-order valence-electron chi connectivity index (χ2n) is 16.0. The molecule has 21 N–H and O–H groups in total. The number of hydrogen-bond acceptors (Lipinski definition) is 15. The Labute approximate surface area is 386 Å². The van der Waals surface area contributed by atoms with Crippen LogP contribution in [0.1, 0.15) is 79.6 Å². The summed E-state index contributed by atoms with van der Waals surface area (Å²) in [6.07, 6.45) is -1.97. The number of aliphatic carboxylic acids is 1. The number of nitrogens with zero attached hydrogens (tertiary/aromatic N) is 1. The number of guanidine groups is 1. The van der Waals surface area contributed by atoms with Crippen molar-refractivity contribution in [2.75, 3.05) is 18.6 Å². The molecule has 0 bridgehead atoms. The minimum atomic E-state index is -1.77. The average molecular weight is 961 g/mol. The number of carbonyl (C=O) groups is 11. The Bertz CT molecular complexity index is 1760. The van der Waals surface area contributed by atoms with Crippen LogP contribution < -0.4 is 71.6 Å². The molecule has 9 atom stereocenters. The topological polar surface area (TPSA) is 481 Å². The number of carboxylic acid groups (broad SMARTS) is 1. The van der Waals surface area contributed by atoms with Crippen LogP contribution in [0.15, 0.2) is 4.99 Å². The highest BCUT2D eigenvalue weighted by atomic mass is 32.2. The molecule has 27 nitrogen and oxygen atoms in total. The number of thioether (sulfide) groups is 1. The van der Waals surface area contributed by atoms with E-state index in [0.29, 0.717) is 5.75 Å². The highest BCUT2D eigenvalue weighted by Gasteiger charge is 2.37. The van der Waals surface area contributed by atoms with E-state index in [1.807, 2.05) is 0 Å². The Morgan fingerprint density at radius 1 is 0.530 bits per heavy atom. The third kappa shape index (κ3) is 23.6. The monoisotopic (exact) mass is 960 g/mol. The lowest BCUT2D eigenvalue weighted by atomic mass is 9.98. The quantitative estimate of drug-likeness (QED) is 0.0169. The van der Waals surface area contributed by atoms with Crippen LogP contribution in [0.2, 0.25) is 0 Å². The number of nitrogens with one attached hydrogen (secondary N) is 7. The first-order chi connectivity index (χ1) is 30.6. The molecule has 10 amide bonds. The summed E-state index contributed by atoms with van der Waals surface area (Å²) in [6, 6.07) is -12.1. The molecule has 0 aliphatic rings. The molecule has 66 heavy (non-hydrogen) atoms. The first-order valence-electron chi connectivity index (χ1n) is 20.8. The van der Waals surface area contributed by atoms with Crippen LogP contribution in [0.25, 0.3) is 0 Å². The predicted molar refractivity (Wildman–Crippen MR) is 239 cm³/mol. The van der Waals surface area contributed by atoms with Gasteiger partial charge in [-0.15, -0.1) is 0 Å². The van der Waals surface area contributed by atoms with Crippen molar-refractivity contribution >= 4 is 82.8 Å². The van der Waals surface area contributed by atoms with Gasteiger partial charge in [-0.1, -0.05) is 27.7 Å². The Morgan fingerprint density at radius 3 is 1.36 bits per heavy atom. The number of carboxylic acids is 1. The van der Waals surface area contributed by atoms with Gasteiger partial charge in [0, 0.05) is 13.0 Å². The van der Waals surface area contributed by atoms with Gasteiger partial charge in [0.05, 0.1) is 31.4 Å². The Morgan fingerprint density at radius 2 is 0.924 bits per heavy atom. The summed E-state index contributed by atoms with van der Waals surface area (Å²) in [5, 5.41) is 36.6. The SMILES string of the molecule is CSCC[C@H](NC(=O)[C@H](C[C@@H](C)O)NC(=O)[C@H](CC(N)=O)NC(=O)[C@@H](NC(=O)[C@@H](NC(=O)[C@H](CC(N)=O)NC(=O)[C@@H](N)CC(N)=O)C(C)C)C(C)C)C(=O)N[C@@H](CCCN=C(N)N)C(=O)O. The van der Waals surface area contributed by atoms with E-state index in [2.05, 4.69) is 42.2 Å². The molecule has 0 radical (unpaired) electrons. The third-order valence-electron chi connectivity index (χ3n) is 9.34. The maximum atomic E-state index is 13.8. The maximum Gasteiger partial charge on any atom is 0.326 e. The second-order valence-corrected chi connectivity index (χ2v) is 17.0. The van der Waals surface area contributed by atoms with Gasteiger partial charge < -0.3 is 81.8 Å². The number of hydrogen-bond donors (Lipinski definition) is 15. The fourth-order valence-electron chi connectivity index (χ4n) is 5.89. The molecule has 0 rings (SSSR count). The number of amides is 10. The van der Waals surface area contributed by atoms with Crippen molar-refractivity contribution in [2.24, 2.45) is 51.2 Å². The van der Waals surface area contributed by atoms with Crippen molar-refractivity contribution < 1.29 is 63.0 Å². The number of aliphatic hydroxyl groups excluding tert-OH is 1. The van der Waals surface area contributed by atoms with Crippen LogP contribution in [0.5, 0.6) is 0 Å². The Hall–Kier alpha value is -6.29. The number of primary amides is 3. The van der Waals surface area contributed by atoms with E-state index >= 15 is 0 Å². The van der Waals surface area contributed by atoms with Crippen molar-refractivity contribution in [2.45, 2.75) is 134 Å². The fraction of sp³-hybridized carbons (Fsp3) is 0.684. The van der Waals surface area contributed by atoms with E-state index in [1.165, 1.54) is 46.4 Å². The minimum absolute atomic E-state index is 0.00999. The number of aliphatic imine (C=N–C) groups is 1. The first kappa shape index (κ1) is 59.7. The third-order valence-corrected chi connectivity index (χ3v) is 9.99. The lowest BCUT2D eigenvalue weighted by Gasteiger charge is -2.30. The molecule has 0 fully saturated rings. The van der Waals surface area contributed by atoms with Crippen LogP contribution in [-0.2, 0) is 52.7 Å². The summed E-state index contributed by atoms with van der Waals surface area (Å²) in [6.45, 7) is 7.46. The van der Waals surface area contributed by atoms with Gasteiger partial charge >= 0.3 is 5.97 Å². The van der Waals surface area contributed by atoms with Gasteiger partial charge in [-0.2, -0.15) is 11.8 Å². The molecule has 0 spiro atoms. The summed E-state index contributed by atoms with van der Waals surface area (Å²) >= 11 is 1.31. The largest absolute Gasteiger partial charge is 0.480 e. The average Bonchev–Trinajstić information content (AvgIpc) is 3.18. The Balaban J connectivity index is 6.38. The summed E-state index contributed by atoms with van der Waals surface area (Å²) in [5.74, 6) is -12.7. The van der Waals surface area contributed by atoms with Crippen LogP contribution in [0.4, 0.5) is 0 Å². The summed E-state index contributed by atoms with van der Waals surface area (Å²) < 4.78 is 0. The van der Waals surface area contributed by atoms with E-state index in [0.717, 1.165) is 0 Å². The number of rotatable bonds is 32. The number of nitrogens with two attached hydrogens (primary N) is 6.